The summed E-state index contributed by atoms with van der Waals surface area (Å²) in [7, 11) is 2.17. The number of piperidine rings is 1. The summed E-state index contributed by atoms with van der Waals surface area (Å²) in [6.07, 6.45) is 2.92. The molecule has 4 heterocycles. The smallest absolute Gasteiger partial charge is 0.266 e. The first kappa shape index (κ1) is 24.1. The predicted octanol–water partition coefficient (Wildman–Crippen LogP) is 3.09. The van der Waals surface area contributed by atoms with Crippen molar-refractivity contribution in [3.63, 3.8) is 0 Å². The molecule has 0 atom stereocenters. The molecule has 0 radical (unpaired) electrons. The van der Waals surface area contributed by atoms with Crippen molar-refractivity contribution in [3.05, 3.63) is 59.5 Å². The van der Waals surface area contributed by atoms with Crippen LogP contribution in [-0.2, 0) is 17.9 Å². The molecule has 0 saturated carbocycles. The quantitative estimate of drug-likeness (QED) is 0.541. The summed E-state index contributed by atoms with van der Waals surface area (Å²) >= 11 is 0. The van der Waals surface area contributed by atoms with Crippen LogP contribution in [0.5, 0.6) is 0 Å². The third-order valence-electron chi connectivity index (χ3n) is 7.06. The molecule has 0 spiro atoms. The molecule has 0 bridgehead atoms. The van der Waals surface area contributed by atoms with Crippen molar-refractivity contribution in [1.82, 2.24) is 20.1 Å². The molecule has 188 valence electrons. The van der Waals surface area contributed by atoms with Crippen molar-refractivity contribution in [2.24, 2.45) is 5.92 Å². The van der Waals surface area contributed by atoms with Crippen molar-refractivity contribution >= 4 is 11.8 Å². The number of hydrogen-bond acceptors (Lipinski definition) is 8. The second kappa shape index (κ2) is 11.0. The minimum atomic E-state index is -0.0622. The van der Waals surface area contributed by atoms with Gasteiger partial charge in [-0.25, -0.2) is 0 Å². The molecule has 3 aromatic rings. The first-order valence-electron chi connectivity index (χ1n) is 12.5. The number of nitrogens with one attached hydrogen (secondary N) is 1. The summed E-state index contributed by atoms with van der Waals surface area (Å²) < 4.78 is 11.2. The van der Waals surface area contributed by atoms with E-state index in [9.17, 15) is 10.1 Å². The Labute approximate surface area is 211 Å². The number of likely N-dealkylation sites (N-methyl/N-ethyl adjacent to an activating group) is 1. The van der Waals surface area contributed by atoms with E-state index in [0.29, 0.717) is 50.0 Å². The van der Waals surface area contributed by atoms with E-state index in [1.807, 2.05) is 4.90 Å². The summed E-state index contributed by atoms with van der Waals surface area (Å²) in [5, 5.41) is 12.6. The number of carbonyl (C=O) groups is 1. The number of nitriles is 1. The lowest BCUT2D eigenvalue weighted by Crippen LogP contribution is -2.43. The van der Waals surface area contributed by atoms with E-state index in [-0.39, 0.29) is 17.5 Å². The highest BCUT2D eigenvalue weighted by Gasteiger charge is 2.29. The highest BCUT2D eigenvalue weighted by atomic mass is 16.4. The zero-order valence-electron chi connectivity index (χ0n) is 20.7. The van der Waals surface area contributed by atoms with E-state index in [1.165, 1.54) is 5.56 Å². The van der Waals surface area contributed by atoms with E-state index in [0.717, 1.165) is 38.3 Å². The fraction of sp³-hybridized carbons (Fsp3) is 0.444. The molecule has 1 aromatic carbocycles. The molecular weight excluding hydrogens is 456 g/mol. The van der Waals surface area contributed by atoms with Crippen LogP contribution in [-0.4, -0.2) is 67.0 Å². The maximum absolute atomic E-state index is 12.9. The number of rotatable bonds is 7. The van der Waals surface area contributed by atoms with Gasteiger partial charge >= 0.3 is 0 Å². The van der Waals surface area contributed by atoms with Crippen LogP contribution in [0.2, 0.25) is 0 Å². The average molecular weight is 489 g/mol. The SMILES string of the molecule is CN1CCN(Cc2cccc(CNC(=O)C3CCN(c4oc(-c5ccco5)nc4C#N)CC3)c2)CC1. The molecule has 0 unspecified atom stereocenters. The molecule has 1 N–H and O–H groups in total. The van der Waals surface area contributed by atoms with Crippen LogP contribution in [0.4, 0.5) is 5.88 Å². The van der Waals surface area contributed by atoms with E-state index in [2.05, 4.69) is 57.5 Å². The zero-order chi connectivity index (χ0) is 24.9. The lowest BCUT2D eigenvalue weighted by Gasteiger charge is -2.32. The second-order valence-corrected chi connectivity index (χ2v) is 9.64. The lowest BCUT2D eigenvalue weighted by atomic mass is 9.95. The Balaban J connectivity index is 1.12. The Hall–Kier alpha value is -3.61. The van der Waals surface area contributed by atoms with Crippen LogP contribution >= 0.6 is 0 Å². The first-order valence-corrected chi connectivity index (χ1v) is 12.5. The number of aromatic nitrogens is 1. The first-order chi connectivity index (χ1) is 17.6. The minimum absolute atomic E-state index is 0.0622. The van der Waals surface area contributed by atoms with Gasteiger partial charge in [0.05, 0.1) is 6.26 Å². The number of carbonyl (C=O) groups excluding carboxylic acids is 1. The normalized spacial score (nSPS) is 17.7. The minimum Gasteiger partial charge on any atom is -0.459 e. The van der Waals surface area contributed by atoms with Gasteiger partial charge in [-0.05, 0) is 43.1 Å². The molecule has 1 amide bonds. The van der Waals surface area contributed by atoms with Crippen molar-refractivity contribution in [2.75, 3.05) is 51.2 Å². The van der Waals surface area contributed by atoms with Crippen molar-refractivity contribution < 1.29 is 13.6 Å². The second-order valence-electron chi connectivity index (χ2n) is 9.64. The molecule has 2 saturated heterocycles. The maximum Gasteiger partial charge on any atom is 0.266 e. The van der Waals surface area contributed by atoms with Gasteiger partial charge in [0, 0.05) is 58.3 Å². The largest absolute Gasteiger partial charge is 0.459 e. The molecule has 0 aliphatic carbocycles. The van der Waals surface area contributed by atoms with Gasteiger partial charge < -0.3 is 24.0 Å². The standard InChI is InChI=1S/C27H32N6O3/c1-31-11-13-32(14-12-31)19-21-5-2-4-20(16-21)18-29-25(34)22-7-9-33(10-8-22)27-23(17-28)30-26(36-27)24-6-3-15-35-24/h2-6,15-16,22H,7-14,18-19H2,1H3,(H,29,34). The van der Waals surface area contributed by atoms with Gasteiger partial charge in [0.15, 0.2) is 5.76 Å². The third-order valence-corrected chi connectivity index (χ3v) is 7.06. The van der Waals surface area contributed by atoms with Gasteiger partial charge in [-0.3, -0.25) is 9.69 Å². The van der Waals surface area contributed by atoms with Crippen LogP contribution in [0.25, 0.3) is 11.7 Å². The number of nitrogens with zero attached hydrogens (tertiary/aromatic N) is 5. The van der Waals surface area contributed by atoms with Gasteiger partial charge in [-0.2, -0.15) is 10.2 Å². The van der Waals surface area contributed by atoms with Gasteiger partial charge in [0.1, 0.15) is 6.07 Å². The fourth-order valence-corrected chi connectivity index (χ4v) is 4.89. The van der Waals surface area contributed by atoms with E-state index < -0.39 is 0 Å². The Morgan fingerprint density at radius 1 is 1.11 bits per heavy atom. The summed E-state index contributed by atoms with van der Waals surface area (Å²) in [5.41, 5.74) is 2.65. The fourth-order valence-electron chi connectivity index (χ4n) is 4.89. The average Bonchev–Trinajstić information content (AvgIpc) is 3.59. The lowest BCUT2D eigenvalue weighted by molar-refractivity contribution is -0.125. The Morgan fingerprint density at radius 2 is 1.89 bits per heavy atom. The Kier molecular flexibility index (Phi) is 7.35. The highest BCUT2D eigenvalue weighted by Crippen LogP contribution is 2.31. The number of oxazole rings is 1. The number of piperazine rings is 1. The number of anilines is 1. The summed E-state index contributed by atoms with van der Waals surface area (Å²) in [5.74, 6) is 1.24. The molecule has 5 rings (SSSR count). The van der Waals surface area contributed by atoms with Crippen LogP contribution in [0.15, 0.2) is 51.5 Å². The molecule has 2 aromatic heterocycles. The molecule has 9 heteroatoms. The van der Waals surface area contributed by atoms with Crippen molar-refractivity contribution in [3.8, 4) is 17.7 Å². The van der Waals surface area contributed by atoms with E-state index >= 15 is 0 Å². The Morgan fingerprint density at radius 3 is 2.61 bits per heavy atom. The molecule has 2 aliphatic rings. The summed E-state index contributed by atoms with van der Waals surface area (Å²) in [4.78, 5) is 24.0. The number of benzene rings is 1. The molecule has 2 fully saturated rings. The zero-order valence-corrected chi connectivity index (χ0v) is 20.7. The van der Waals surface area contributed by atoms with Crippen LogP contribution in [0, 0.1) is 17.2 Å². The number of hydrogen-bond donors (Lipinski definition) is 1. The molecule has 2 aliphatic heterocycles. The van der Waals surface area contributed by atoms with Gasteiger partial charge in [0.2, 0.25) is 17.5 Å². The van der Waals surface area contributed by atoms with Crippen LogP contribution in [0.3, 0.4) is 0 Å². The van der Waals surface area contributed by atoms with Gasteiger partial charge in [0.25, 0.3) is 5.89 Å². The van der Waals surface area contributed by atoms with E-state index in [1.54, 1.807) is 18.4 Å². The number of amides is 1. The maximum atomic E-state index is 12.9. The van der Waals surface area contributed by atoms with Crippen molar-refractivity contribution in [2.45, 2.75) is 25.9 Å². The topological polar surface area (TPSA) is 102 Å². The van der Waals surface area contributed by atoms with Crippen molar-refractivity contribution in [1.29, 1.82) is 5.26 Å². The van der Waals surface area contributed by atoms with E-state index in [4.69, 9.17) is 8.83 Å². The molecule has 36 heavy (non-hydrogen) atoms. The third kappa shape index (κ3) is 5.61. The van der Waals surface area contributed by atoms with Gasteiger partial charge in [-0.1, -0.05) is 24.3 Å². The monoisotopic (exact) mass is 488 g/mol. The summed E-state index contributed by atoms with van der Waals surface area (Å²) in [6.45, 7) is 7.11. The highest BCUT2D eigenvalue weighted by molar-refractivity contribution is 5.79. The molecule has 9 nitrogen and oxygen atoms in total. The van der Waals surface area contributed by atoms with Gasteiger partial charge in [-0.15, -0.1) is 0 Å². The molecular formula is C27H32N6O3. The predicted molar refractivity (Wildman–Crippen MR) is 135 cm³/mol. The Bertz CT molecular complexity index is 1200. The van der Waals surface area contributed by atoms with Crippen LogP contribution < -0.4 is 10.2 Å². The summed E-state index contributed by atoms with van der Waals surface area (Å²) in [6, 6.07) is 14.1. The van der Waals surface area contributed by atoms with Crippen LogP contribution in [0.1, 0.15) is 29.7 Å². The number of furan rings is 1.